The van der Waals surface area contributed by atoms with Gasteiger partial charge in [-0.3, -0.25) is 9.59 Å². The summed E-state index contributed by atoms with van der Waals surface area (Å²) in [5.74, 6) is -0.233. The van der Waals surface area contributed by atoms with Crippen LogP contribution in [0.2, 0.25) is 0 Å². The van der Waals surface area contributed by atoms with Crippen LogP contribution in [-0.2, 0) is 22.6 Å². The summed E-state index contributed by atoms with van der Waals surface area (Å²) in [6.45, 7) is 1.95. The van der Waals surface area contributed by atoms with Crippen molar-refractivity contribution in [2.24, 2.45) is 0 Å². The van der Waals surface area contributed by atoms with E-state index in [-0.39, 0.29) is 36.8 Å². The lowest BCUT2D eigenvalue weighted by Crippen LogP contribution is -2.53. The summed E-state index contributed by atoms with van der Waals surface area (Å²) in [4.78, 5) is 28.7. The molecule has 4 rings (SSSR count). The second-order valence-corrected chi connectivity index (χ2v) is 9.45. The van der Waals surface area contributed by atoms with Gasteiger partial charge in [-0.25, -0.2) is 4.39 Å². The molecule has 188 valence electrons. The summed E-state index contributed by atoms with van der Waals surface area (Å²) in [6.07, 6.45) is 4.46. The van der Waals surface area contributed by atoms with Gasteiger partial charge in [0.05, 0.1) is 0 Å². The molecule has 0 bridgehead atoms. The minimum Gasteiger partial charge on any atom is -0.484 e. The highest BCUT2D eigenvalue weighted by atomic mass is 19.1. The van der Waals surface area contributed by atoms with Crippen molar-refractivity contribution in [3.8, 4) is 5.75 Å². The third-order valence-electron chi connectivity index (χ3n) is 6.62. The Kier molecular flexibility index (Phi) is 8.71. The second-order valence-electron chi connectivity index (χ2n) is 9.45. The van der Waals surface area contributed by atoms with Crippen molar-refractivity contribution < 1.29 is 18.7 Å². The Morgan fingerprint density at radius 1 is 0.944 bits per heavy atom. The molecule has 0 saturated heterocycles. The number of benzene rings is 3. The van der Waals surface area contributed by atoms with Crippen molar-refractivity contribution in [1.82, 2.24) is 10.2 Å². The lowest BCUT2D eigenvalue weighted by atomic mass is 10.0. The Bertz CT molecular complexity index is 1130. The number of carbonyl (C=O) groups excluding carboxylic acids is 2. The number of hydrogen-bond acceptors (Lipinski definition) is 3. The van der Waals surface area contributed by atoms with E-state index < -0.39 is 6.04 Å². The van der Waals surface area contributed by atoms with Crippen LogP contribution in [0.25, 0.3) is 0 Å². The van der Waals surface area contributed by atoms with Gasteiger partial charge in [-0.2, -0.15) is 0 Å². The molecule has 0 heterocycles. The third-order valence-corrected chi connectivity index (χ3v) is 6.62. The molecule has 1 N–H and O–H groups in total. The molecule has 5 nitrogen and oxygen atoms in total. The number of amides is 2. The van der Waals surface area contributed by atoms with Crippen molar-refractivity contribution in [3.63, 3.8) is 0 Å². The largest absolute Gasteiger partial charge is 0.484 e. The zero-order chi connectivity index (χ0) is 25.3. The number of carbonyl (C=O) groups is 2. The maximum Gasteiger partial charge on any atom is 0.261 e. The maximum absolute atomic E-state index is 13.6. The van der Waals surface area contributed by atoms with Crippen LogP contribution in [0.3, 0.4) is 0 Å². The number of ether oxygens (including phenoxy) is 1. The van der Waals surface area contributed by atoms with Gasteiger partial charge in [0, 0.05) is 19.0 Å². The molecule has 0 spiro atoms. The number of nitrogens with one attached hydrogen (secondary N) is 1. The molecule has 2 amide bonds. The fourth-order valence-corrected chi connectivity index (χ4v) is 4.57. The lowest BCUT2D eigenvalue weighted by molar-refractivity contribution is -0.143. The van der Waals surface area contributed by atoms with Crippen molar-refractivity contribution in [2.75, 3.05) is 6.61 Å². The molecule has 0 radical (unpaired) electrons. The van der Waals surface area contributed by atoms with Crippen molar-refractivity contribution in [3.05, 3.63) is 101 Å². The predicted molar refractivity (Wildman–Crippen MR) is 138 cm³/mol. The summed E-state index contributed by atoms with van der Waals surface area (Å²) in [5.41, 5.74) is 2.80. The first-order valence-corrected chi connectivity index (χ1v) is 12.6. The van der Waals surface area contributed by atoms with E-state index in [4.69, 9.17) is 4.74 Å². The second kappa shape index (κ2) is 12.3. The number of aryl methyl sites for hydroxylation is 1. The zero-order valence-corrected chi connectivity index (χ0v) is 20.7. The highest BCUT2D eigenvalue weighted by molar-refractivity contribution is 5.88. The molecule has 0 aromatic heterocycles. The average molecular weight is 489 g/mol. The molecule has 6 heteroatoms. The Hall–Kier alpha value is -3.67. The summed E-state index contributed by atoms with van der Waals surface area (Å²) in [6, 6.07) is 22.6. The molecule has 0 unspecified atom stereocenters. The molecule has 1 atom stereocenters. The smallest absolute Gasteiger partial charge is 0.261 e. The number of rotatable bonds is 10. The van der Waals surface area contributed by atoms with Crippen molar-refractivity contribution in [1.29, 1.82) is 0 Å². The highest BCUT2D eigenvalue weighted by Crippen LogP contribution is 2.20. The van der Waals surface area contributed by atoms with E-state index in [1.165, 1.54) is 12.1 Å². The topological polar surface area (TPSA) is 58.6 Å². The van der Waals surface area contributed by atoms with Gasteiger partial charge < -0.3 is 15.0 Å². The molecule has 36 heavy (non-hydrogen) atoms. The van der Waals surface area contributed by atoms with Gasteiger partial charge in [0.25, 0.3) is 5.91 Å². The van der Waals surface area contributed by atoms with Crippen LogP contribution < -0.4 is 10.1 Å². The van der Waals surface area contributed by atoms with Crippen LogP contribution in [0.15, 0.2) is 78.9 Å². The van der Waals surface area contributed by atoms with E-state index >= 15 is 0 Å². The van der Waals surface area contributed by atoms with Crippen molar-refractivity contribution >= 4 is 11.8 Å². The standard InChI is InChI=1S/C30H33FN2O3/c1-22-11-17-27(18-12-22)36-21-29(34)33(20-24-13-15-25(31)16-14-24)28(19-23-7-3-2-4-8-23)30(35)32-26-9-5-6-10-26/h2-4,7-8,11-18,26,28H,5-6,9-10,19-21H2,1H3,(H,32,35)/t28-/m0/s1. The van der Waals surface area contributed by atoms with E-state index in [0.29, 0.717) is 12.2 Å². The van der Waals surface area contributed by atoms with Crippen LogP contribution in [0.4, 0.5) is 4.39 Å². The highest BCUT2D eigenvalue weighted by Gasteiger charge is 2.32. The number of nitrogens with zero attached hydrogens (tertiary/aromatic N) is 1. The van der Waals surface area contributed by atoms with Crippen LogP contribution in [-0.4, -0.2) is 35.4 Å². The van der Waals surface area contributed by atoms with Crippen molar-refractivity contribution in [2.45, 2.75) is 57.7 Å². The van der Waals surface area contributed by atoms with Crippen LogP contribution in [0.1, 0.15) is 42.4 Å². The molecule has 1 aliphatic carbocycles. The molecule has 3 aromatic rings. The van der Waals surface area contributed by atoms with Gasteiger partial charge >= 0.3 is 0 Å². The quantitative estimate of drug-likeness (QED) is 0.426. The number of hydrogen-bond donors (Lipinski definition) is 1. The van der Waals surface area contributed by atoms with Crippen LogP contribution in [0, 0.1) is 12.7 Å². The van der Waals surface area contributed by atoms with E-state index in [1.54, 1.807) is 17.0 Å². The molecular formula is C30H33FN2O3. The van der Waals surface area contributed by atoms with Gasteiger partial charge in [0.15, 0.2) is 6.61 Å². The summed E-state index contributed by atoms with van der Waals surface area (Å²) in [5, 5.41) is 3.18. The summed E-state index contributed by atoms with van der Waals surface area (Å²) < 4.78 is 19.3. The van der Waals surface area contributed by atoms with Gasteiger partial charge in [0.2, 0.25) is 5.91 Å². The fraction of sp³-hybridized carbons (Fsp3) is 0.333. The fourth-order valence-electron chi connectivity index (χ4n) is 4.57. The van der Waals surface area contributed by atoms with E-state index in [1.807, 2.05) is 61.5 Å². The lowest BCUT2D eigenvalue weighted by Gasteiger charge is -2.32. The minimum atomic E-state index is -0.729. The normalized spacial score (nSPS) is 14.3. The molecular weight excluding hydrogens is 455 g/mol. The predicted octanol–water partition coefficient (Wildman–Crippen LogP) is 5.21. The van der Waals surface area contributed by atoms with Gasteiger partial charge in [-0.15, -0.1) is 0 Å². The molecule has 0 aliphatic heterocycles. The third kappa shape index (κ3) is 7.17. The Balaban J connectivity index is 1.59. The van der Waals surface area contributed by atoms with E-state index in [2.05, 4.69) is 5.32 Å². The Morgan fingerprint density at radius 2 is 1.61 bits per heavy atom. The zero-order valence-electron chi connectivity index (χ0n) is 20.7. The Labute approximate surface area is 212 Å². The Morgan fingerprint density at radius 3 is 2.28 bits per heavy atom. The SMILES string of the molecule is Cc1ccc(OCC(=O)N(Cc2ccc(F)cc2)[C@@H](Cc2ccccc2)C(=O)NC2CCCC2)cc1. The van der Waals surface area contributed by atoms with Gasteiger partial charge in [-0.05, 0) is 55.2 Å². The van der Waals surface area contributed by atoms with E-state index in [0.717, 1.165) is 42.4 Å². The van der Waals surface area contributed by atoms with Crippen LogP contribution in [0.5, 0.6) is 5.75 Å². The summed E-state index contributed by atoms with van der Waals surface area (Å²) in [7, 11) is 0. The first-order chi connectivity index (χ1) is 17.5. The summed E-state index contributed by atoms with van der Waals surface area (Å²) >= 11 is 0. The maximum atomic E-state index is 13.6. The first-order valence-electron chi connectivity index (χ1n) is 12.6. The first kappa shape index (κ1) is 25.4. The molecule has 1 fully saturated rings. The van der Waals surface area contributed by atoms with Gasteiger partial charge in [-0.1, -0.05) is 73.0 Å². The average Bonchev–Trinajstić information content (AvgIpc) is 3.40. The van der Waals surface area contributed by atoms with E-state index in [9.17, 15) is 14.0 Å². The molecule has 1 aliphatic rings. The molecule has 3 aromatic carbocycles. The monoisotopic (exact) mass is 488 g/mol. The number of halogens is 1. The van der Waals surface area contributed by atoms with Gasteiger partial charge in [0.1, 0.15) is 17.6 Å². The minimum absolute atomic E-state index is 0.127. The van der Waals surface area contributed by atoms with Crippen LogP contribution >= 0.6 is 0 Å². The molecule has 1 saturated carbocycles.